The van der Waals surface area contributed by atoms with Gasteiger partial charge in [-0.2, -0.15) is 0 Å². The molecular weight excluding hydrogens is 340 g/mol. The van der Waals surface area contributed by atoms with Gasteiger partial charge in [0.05, 0.1) is 12.2 Å². The van der Waals surface area contributed by atoms with E-state index in [9.17, 15) is 9.59 Å². The first kappa shape index (κ1) is 19.1. The first-order valence-electron chi connectivity index (χ1n) is 8.24. The number of ether oxygens (including phenoxy) is 1. The fourth-order valence-electron chi connectivity index (χ4n) is 2.75. The molecule has 0 saturated carbocycles. The molecule has 2 rings (SSSR count). The third-order valence-corrected chi connectivity index (χ3v) is 4.33. The van der Waals surface area contributed by atoms with Crippen molar-refractivity contribution in [3.05, 3.63) is 51.3 Å². The van der Waals surface area contributed by atoms with Gasteiger partial charge in [-0.25, -0.2) is 4.79 Å². The maximum Gasteiger partial charge on any atom is 0.340 e. The van der Waals surface area contributed by atoms with Crippen LogP contribution in [0.5, 0.6) is 0 Å². The van der Waals surface area contributed by atoms with Crippen LogP contribution in [0.1, 0.15) is 46.2 Å². The second-order valence-corrected chi connectivity index (χ2v) is 6.39. The van der Waals surface area contributed by atoms with Gasteiger partial charge in [0.2, 0.25) is 5.91 Å². The van der Waals surface area contributed by atoms with Gasteiger partial charge < -0.3 is 15.0 Å². The van der Waals surface area contributed by atoms with Crippen molar-refractivity contribution in [1.82, 2.24) is 4.98 Å². The van der Waals surface area contributed by atoms with Gasteiger partial charge in [0.15, 0.2) is 0 Å². The van der Waals surface area contributed by atoms with Gasteiger partial charge in [-0.1, -0.05) is 17.7 Å². The summed E-state index contributed by atoms with van der Waals surface area (Å²) in [7, 11) is 0. The molecule has 0 radical (unpaired) electrons. The van der Waals surface area contributed by atoms with Gasteiger partial charge in [0.1, 0.15) is 0 Å². The lowest BCUT2D eigenvalue weighted by Crippen LogP contribution is -2.13. The minimum Gasteiger partial charge on any atom is -0.462 e. The zero-order valence-electron chi connectivity index (χ0n) is 15.0. The van der Waals surface area contributed by atoms with Crippen molar-refractivity contribution < 1.29 is 14.3 Å². The number of anilines is 1. The summed E-state index contributed by atoms with van der Waals surface area (Å²) in [4.78, 5) is 27.4. The number of aryl methyl sites for hydroxylation is 3. The van der Waals surface area contributed by atoms with Crippen molar-refractivity contribution in [3.63, 3.8) is 0 Å². The van der Waals surface area contributed by atoms with Crippen LogP contribution in [0, 0.1) is 20.8 Å². The van der Waals surface area contributed by atoms with E-state index in [-0.39, 0.29) is 11.9 Å². The van der Waals surface area contributed by atoms with E-state index in [2.05, 4.69) is 10.3 Å². The Balaban J connectivity index is 2.04. The molecule has 0 bridgehead atoms. The van der Waals surface area contributed by atoms with Crippen LogP contribution < -0.4 is 5.32 Å². The lowest BCUT2D eigenvalue weighted by Gasteiger charge is -2.09. The summed E-state index contributed by atoms with van der Waals surface area (Å²) in [5, 5.41) is 3.46. The van der Waals surface area contributed by atoms with E-state index >= 15 is 0 Å². The number of nitrogens with one attached hydrogen (secondary N) is 2. The van der Waals surface area contributed by atoms with Crippen LogP contribution in [0.15, 0.2) is 18.2 Å². The minimum absolute atomic E-state index is 0.102. The number of carbonyl (C=O) groups is 2. The molecule has 0 aliphatic heterocycles. The highest BCUT2D eigenvalue weighted by Gasteiger charge is 2.19. The molecule has 0 fully saturated rings. The topological polar surface area (TPSA) is 71.2 Å². The number of hydrogen-bond donors (Lipinski definition) is 2. The highest BCUT2D eigenvalue weighted by atomic mass is 35.5. The van der Waals surface area contributed by atoms with Gasteiger partial charge in [-0.15, -0.1) is 0 Å². The van der Waals surface area contributed by atoms with Crippen LogP contribution in [0.4, 0.5) is 5.69 Å². The van der Waals surface area contributed by atoms with Gasteiger partial charge in [-0.3, -0.25) is 4.79 Å². The molecule has 6 heteroatoms. The fraction of sp³-hybridized carbons (Fsp3) is 0.368. The van der Waals surface area contributed by atoms with Crippen LogP contribution in [0.2, 0.25) is 5.02 Å². The molecule has 0 unspecified atom stereocenters. The van der Waals surface area contributed by atoms with Crippen LogP contribution in [0.3, 0.4) is 0 Å². The summed E-state index contributed by atoms with van der Waals surface area (Å²) >= 11 is 5.97. The second kappa shape index (κ2) is 8.21. The Bertz CT molecular complexity index is 796. The standard InChI is InChI=1S/C19H23ClN2O3/c1-5-25-19(24)18-12(3)15(21-13(18)4)8-9-17(23)22-16-10-14(20)7-6-11(16)2/h6-7,10,21H,5,8-9H2,1-4H3,(H,22,23). The molecular formula is C19H23ClN2O3. The molecule has 0 spiro atoms. The molecule has 134 valence electrons. The van der Waals surface area contributed by atoms with E-state index in [1.165, 1.54) is 0 Å². The Kier molecular flexibility index (Phi) is 6.26. The van der Waals surface area contributed by atoms with Crippen molar-refractivity contribution in [2.45, 2.75) is 40.5 Å². The second-order valence-electron chi connectivity index (χ2n) is 5.96. The average molecular weight is 363 g/mol. The SMILES string of the molecule is CCOC(=O)c1c(C)[nH]c(CCC(=O)Nc2cc(Cl)ccc2C)c1C. The van der Waals surface area contributed by atoms with Gasteiger partial charge in [0, 0.05) is 28.5 Å². The van der Waals surface area contributed by atoms with E-state index in [1.54, 1.807) is 19.1 Å². The molecule has 25 heavy (non-hydrogen) atoms. The number of H-pyrrole nitrogens is 1. The maximum absolute atomic E-state index is 12.2. The Hall–Kier alpha value is -2.27. The summed E-state index contributed by atoms with van der Waals surface area (Å²) in [6, 6.07) is 5.38. The number of halogens is 1. The Morgan fingerprint density at radius 1 is 1.24 bits per heavy atom. The molecule has 0 aliphatic carbocycles. The van der Waals surface area contributed by atoms with Crippen molar-refractivity contribution in [2.24, 2.45) is 0 Å². The van der Waals surface area contributed by atoms with E-state index in [0.29, 0.717) is 35.7 Å². The highest BCUT2D eigenvalue weighted by Crippen LogP contribution is 2.22. The Labute approximate surface area is 152 Å². The summed E-state index contributed by atoms with van der Waals surface area (Å²) in [6.45, 7) is 7.72. The predicted molar refractivity (Wildman–Crippen MR) is 99.4 cm³/mol. The highest BCUT2D eigenvalue weighted by molar-refractivity contribution is 6.31. The number of esters is 1. The lowest BCUT2D eigenvalue weighted by atomic mass is 10.1. The van der Waals surface area contributed by atoms with Crippen molar-refractivity contribution in [3.8, 4) is 0 Å². The van der Waals surface area contributed by atoms with Crippen LogP contribution in [-0.2, 0) is 16.0 Å². The zero-order chi connectivity index (χ0) is 18.6. The summed E-state index contributed by atoms with van der Waals surface area (Å²) < 4.78 is 5.08. The Morgan fingerprint density at radius 2 is 1.96 bits per heavy atom. The smallest absolute Gasteiger partial charge is 0.340 e. The van der Waals surface area contributed by atoms with Crippen LogP contribution in [-0.4, -0.2) is 23.5 Å². The van der Waals surface area contributed by atoms with Crippen molar-refractivity contribution in [1.29, 1.82) is 0 Å². The molecule has 1 amide bonds. The number of carbonyl (C=O) groups excluding carboxylic acids is 2. The number of rotatable bonds is 6. The van der Waals surface area contributed by atoms with E-state index < -0.39 is 0 Å². The zero-order valence-corrected chi connectivity index (χ0v) is 15.7. The number of benzene rings is 1. The van der Waals surface area contributed by atoms with Crippen molar-refractivity contribution in [2.75, 3.05) is 11.9 Å². The molecule has 1 aromatic carbocycles. The summed E-state index contributed by atoms with van der Waals surface area (Å²) in [6.07, 6.45) is 0.812. The van der Waals surface area contributed by atoms with Crippen LogP contribution >= 0.6 is 11.6 Å². The monoisotopic (exact) mass is 362 g/mol. The number of aromatic amines is 1. The lowest BCUT2D eigenvalue weighted by molar-refractivity contribution is -0.116. The maximum atomic E-state index is 12.2. The van der Waals surface area contributed by atoms with Gasteiger partial charge in [0.25, 0.3) is 0 Å². The number of amides is 1. The third kappa shape index (κ3) is 4.63. The van der Waals surface area contributed by atoms with Gasteiger partial charge >= 0.3 is 5.97 Å². The summed E-state index contributed by atoms with van der Waals surface area (Å²) in [5.41, 5.74) is 4.69. The van der Waals surface area contributed by atoms with E-state index in [1.807, 2.05) is 26.8 Å². The molecule has 0 atom stereocenters. The molecule has 2 N–H and O–H groups in total. The third-order valence-electron chi connectivity index (χ3n) is 4.10. The first-order valence-corrected chi connectivity index (χ1v) is 8.62. The molecule has 5 nitrogen and oxygen atoms in total. The Morgan fingerprint density at radius 3 is 2.64 bits per heavy atom. The normalized spacial score (nSPS) is 10.6. The summed E-state index contributed by atoms with van der Waals surface area (Å²) in [5.74, 6) is -0.436. The van der Waals surface area contributed by atoms with Crippen molar-refractivity contribution >= 4 is 29.2 Å². The first-order chi connectivity index (χ1) is 11.8. The molecule has 0 aliphatic rings. The molecule has 2 aromatic rings. The fourth-order valence-corrected chi connectivity index (χ4v) is 2.93. The minimum atomic E-state index is -0.334. The average Bonchev–Trinajstić information content (AvgIpc) is 2.83. The molecule has 1 aromatic heterocycles. The molecule has 0 saturated heterocycles. The predicted octanol–water partition coefficient (Wildman–Crippen LogP) is 4.34. The van der Waals surface area contributed by atoms with E-state index in [4.69, 9.17) is 16.3 Å². The number of hydrogen-bond acceptors (Lipinski definition) is 3. The quantitative estimate of drug-likeness (QED) is 0.751. The molecule has 1 heterocycles. The van der Waals surface area contributed by atoms with Gasteiger partial charge in [-0.05, 0) is 57.4 Å². The van der Waals surface area contributed by atoms with Crippen LogP contribution in [0.25, 0.3) is 0 Å². The van der Waals surface area contributed by atoms with E-state index in [0.717, 1.165) is 22.5 Å². The number of aromatic nitrogens is 1. The largest absolute Gasteiger partial charge is 0.462 e.